The first-order valence-corrected chi connectivity index (χ1v) is 9.58. The molecule has 0 radical (unpaired) electrons. The minimum absolute atomic E-state index is 0.0427. The second-order valence-corrected chi connectivity index (χ2v) is 6.92. The SMILES string of the molecule is C=C/C(=C\CCC)OCC(=O)Nc1scc(-c2ccc(Cl)cc2)c1C(=O)O. The first-order chi connectivity index (χ1) is 13.0. The number of hydrogen-bond donors (Lipinski definition) is 2. The zero-order chi connectivity index (χ0) is 19.8. The number of amides is 1. The Morgan fingerprint density at radius 2 is 2.04 bits per heavy atom. The third-order valence-electron chi connectivity index (χ3n) is 3.62. The molecule has 0 bridgehead atoms. The number of hydrogen-bond acceptors (Lipinski definition) is 4. The van der Waals surface area contributed by atoms with E-state index in [0.29, 0.717) is 21.9 Å². The van der Waals surface area contributed by atoms with Crippen LogP contribution in [0.25, 0.3) is 11.1 Å². The molecule has 1 heterocycles. The summed E-state index contributed by atoms with van der Waals surface area (Å²) in [5.74, 6) is -1.03. The second kappa shape index (κ2) is 9.94. The molecule has 0 unspecified atom stereocenters. The number of ether oxygens (including phenoxy) is 1. The van der Waals surface area contributed by atoms with Crippen molar-refractivity contribution in [2.24, 2.45) is 0 Å². The van der Waals surface area contributed by atoms with Gasteiger partial charge in [0.05, 0.1) is 0 Å². The smallest absolute Gasteiger partial charge is 0.339 e. The van der Waals surface area contributed by atoms with E-state index in [1.165, 1.54) is 6.08 Å². The summed E-state index contributed by atoms with van der Waals surface area (Å²) in [6.07, 6.45) is 5.17. The van der Waals surface area contributed by atoms with Gasteiger partial charge in [-0.25, -0.2) is 4.79 Å². The van der Waals surface area contributed by atoms with Crippen molar-refractivity contribution >= 4 is 39.8 Å². The number of benzene rings is 1. The molecule has 0 aliphatic carbocycles. The molecule has 7 heteroatoms. The van der Waals surface area contributed by atoms with Gasteiger partial charge in [0.2, 0.25) is 0 Å². The fourth-order valence-electron chi connectivity index (χ4n) is 2.30. The maximum Gasteiger partial charge on any atom is 0.339 e. The summed E-state index contributed by atoms with van der Waals surface area (Å²) in [5, 5.41) is 14.7. The standard InChI is InChI=1S/C20H20ClNO4S/c1-3-5-6-15(4-2)26-11-17(23)22-19-18(20(24)25)16(12-27-19)13-7-9-14(21)10-8-13/h4,6-10,12H,2-3,5,11H2,1H3,(H,22,23)(H,24,25)/b15-6+. The Morgan fingerprint density at radius 3 is 2.63 bits per heavy atom. The molecule has 142 valence electrons. The van der Waals surface area contributed by atoms with E-state index in [-0.39, 0.29) is 17.2 Å². The van der Waals surface area contributed by atoms with Crippen molar-refractivity contribution in [2.75, 3.05) is 11.9 Å². The summed E-state index contributed by atoms with van der Waals surface area (Å²) in [6, 6.07) is 6.85. The highest BCUT2D eigenvalue weighted by atomic mass is 35.5. The maximum atomic E-state index is 12.2. The first-order valence-electron chi connectivity index (χ1n) is 8.32. The van der Waals surface area contributed by atoms with Gasteiger partial charge in [0.25, 0.3) is 5.91 Å². The van der Waals surface area contributed by atoms with Crippen LogP contribution in [-0.4, -0.2) is 23.6 Å². The van der Waals surface area contributed by atoms with Crippen LogP contribution in [0.3, 0.4) is 0 Å². The molecule has 2 rings (SSSR count). The van der Waals surface area contributed by atoms with E-state index in [4.69, 9.17) is 16.3 Å². The molecule has 0 saturated carbocycles. The number of thiophene rings is 1. The second-order valence-electron chi connectivity index (χ2n) is 5.60. The van der Waals surface area contributed by atoms with Crippen molar-refractivity contribution in [1.82, 2.24) is 0 Å². The van der Waals surface area contributed by atoms with E-state index < -0.39 is 11.9 Å². The van der Waals surface area contributed by atoms with Crippen LogP contribution in [-0.2, 0) is 9.53 Å². The minimum Gasteiger partial charge on any atom is -0.484 e. The molecule has 0 spiro atoms. The van der Waals surface area contributed by atoms with Crippen LogP contribution in [0.1, 0.15) is 30.1 Å². The van der Waals surface area contributed by atoms with Gasteiger partial charge in [0.15, 0.2) is 6.61 Å². The van der Waals surface area contributed by atoms with Gasteiger partial charge in [-0.05, 0) is 36.3 Å². The molecule has 1 aromatic heterocycles. The molecule has 0 fully saturated rings. The Balaban J connectivity index is 2.14. The zero-order valence-corrected chi connectivity index (χ0v) is 16.4. The topological polar surface area (TPSA) is 75.6 Å². The lowest BCUT2D eigenvalue weighted by Gasteiger charge is -2.08. The first kappa shape index (κ1) is 20.7. The molecule has 2 aromatic rings. The molecule has 2 N–H and O–H groups in total. The largest absolute Gasteiger partial charge is 0.484 e. The molecule has 0 saturated heterocycles. The number of aromatic carboxylic acids is 1. The number of carboxylic acid groups (broad SMARTS) is 1. The van der Waals surface area contributed by atoms with Crippen LogP contribution in [0.5, 0.6) is 0 Å². The van der Waals surface area contributed by atoms with E-state index in [9.17, 15) is 14.7 Å². The Labute approximate surface area is 166 Å². The average Bonchev–Trinajstić information content (AvgIpc) is 3.06. The Hall–Kier alpha value is -2.57. The lowest BCUT2D eigenvalue weighted by atomic mass is 10.0. The predicted octanol–water partition coefficient (Wildman–Crippen LogP) is 5.59. The molecular formula is C20H20ClNO4S. The van der Waals surface area contributed by atoms with Crippen molar-refractivity contribution in [1.29, 1.82) is 0 Å². The Morgan fingerprint density at radius 1 is 1.33 bits per heavy atom. The van der Waals surface area contributed by atoms with Gasteiger partial charge in [-0.1, -0.05) is 43.7 Å². The van der Waals surface area contributed by atoms with Crippen molar-refractivity contribution in [3.05, 3.63) is 64.7 Å². The summed E-state index contributed by atoms with van der Waals surface area (Å²) >= 11 is 7.03. The van der Waals surface area contributed by atoms with E-state index in [2.05, 4.69) is 11.9 Å². The number of halogens is 1. The zero-order valence-electron chi connectivity index (χ0n) is 14.8. The normalized spacial score (nSPS) is 11.1. The molecule has 1 aromatic carbocycles. The number of carbonyl (C=O) groups is 2. The van der Waals surface area contributed by atoms with E-state index in [0.717, 1.165) is 24.2 Å². The van der Waals surface area contributed by atoms with E-state index >= 15 is 0 Å². The number of carboxylic acids is 1. The lowest BCUT2D eigenvalue weighted by molar-refractivity contribution is -0.119. The highest BCUT2D eigenvalue weighted by Gasteiger charge is 2.21. The fraction of sp³-hybridized carbons (Fsp3) is 0.200. The van der Waals surface area contributed by atoms with Crippen molar-refractivity contribution in [2.45, 2.75) is 19.8 Å². The third-order valence-corrected chi connectivity index (χ3v) is 4.77. The number of carbonyl (C=O) groups excluding carboxylic acids is 1. The molecule has 0 atom stereocenters. The average molecular weight is 406 g/mol. The van der Waals surface area contributed by atoms with Crippen molar-refractivity contribution < 1.29 is 19.4 Å². The van der Waals surface area contributed by atoms with Gasteiger partial charge in [-0.2, -0.15) is 0 Å². The van der Waals surface area contributed by atoms with Gasteiger partial charge < -0.3 is 15.2 Å². The number of allylic oxidation sites excluding steroid dienone is 2. The monoisotopic (exact) mass is 405 g/mol. The highest BCUT2D eigenvalue weighted by molar-refractivity contribution is 7.15. The maximum absolute atomic E-state index is 12.2. The molecule has 5 nitrogen and oxygen atoms in total. The molecule has 1 amide bonds. The van der Waals surface area contributed by atoms with E-state index in [1.807, 2.05) is 13.0 Å². The summed E-state index contributed by atoms with van der Waals surface area (Å²) in [7, 11) is 0. The van der Waals surface area contributed by atoms with Gasteiger partial charge in [0.1, 0.15) is 16.3 Å². The van der Waals surface area contributed by atoms with E-state index in [1.54, 1.807) is 29.6 Å². The van der Waals surface area contributed by atoms with Gasteiger partial charge in [-0.3, -0.25) is 4.79 Å². The van der Waals surface area contributed by atoms with Crippen LogP contribution < -0.4 is 5.32 Å². The lowest BCUT2D eigenvalue weighted by Crippen LogP contribution is -2.18. The highest BCUT2D eigenvalue weighted by Crippen LogP contribution is 2.36. The third kappa shape index (κ3) is 5.70. The number of anilines is 1. The van der Waals surface area contributed by atoms with Crippen LogP contribution in [0.4, 0.5) is 5.00 Å². The van der Waals surface area contributed by atoms with Crippen LogP contribution in [0.2, 0.25) is 5.02 Å². The summed E-state index contributed by atoms with van der Waals surface area (Å²) < 4.78 is 5.41. The summed E-state index contributed by atoms with van der Waals surface area (Å²) in [6.45, 7) is 5.45. The molecule has 0 aliphatic heterocycles. The van der Waals surface area contributed by atoms with Gasteiger partial charge in [-0.15, -0.1) is 11.3 Å². The minimum atomic E-state index is -1.12. The summed E-state index contributed by atoms with van der Waals surface area (Å²) in [4.78, 5) is 23.9. The quantitative estimate of drug-likeness (QED) is 0.421. The Kier molecular flexibility index (Phi) is 7.64. The molecular weight excluding hydrogens is 386 g/mol. The number of nitrogens with one attached hydrogen (secondary N) is 1. The molecule has 27 heavy (non-hydrogen) atoms. The van der Waals surface area contributed by atoms with Gasteiger partial charge >= 0.3 is 5.97 Å². The van der Waals surface area contributed by atoms with Crippen molar-refractivity contribution in [3.8, 4) is 11.1 Å². The Bertz CT molecular complexity index is 855. The molecule has 0 aliphatic rings. The fourth-order valence-corrected chi connectivity index (χ4v) is 3.41. The number of unbranched alkanes of at least 4 members (excludes halogenated alkanes) is 1. The van der Waals surface area contributed by atoms with Crippen LogP contribution in [0.15, 0.2) is 54.1 Å². The van der Waals surface area contributed by atoms with Crippen LogP contribution >= 0.6 is 22.9 Å². The summed E-state index contributed by atoms with van der Waals surface area (Å²) in [5.41, 5.74) is 1.28. The van der Waals surface area contributed by atoms with Crippen molar-refractivity contribution in [3.63, 3.8) is 0 Å². The number of rotatable bonds is 9. The van der Waals surface area contributed by atoms with Crippen LogP contribution in [0, 0.1) is 0 Å². The van der Waals surface area contributed by atoms with Gasteiger partial charge in [0, 0.05) is 16.0 Å². The predicted molar refractivity (Wildman–Crippen MR) is 109 cm³/mol.